The summed E-state index contributed by atoms with van der Waals surface area (Å²) in [5.41, 5.74) is 0. The van der Waals surface area contributed by atoms with Crippen molar-refractivity contribution in [3.05, 3.63) is 22.4 Å². The van der Waals surface area contributed by atoms with Gasteiger partial charge in [0, 0.05) is 37.2 Å². The van der Waals surface area contributed by atoms with E-state index in [1.807, 2.05) is 11.3 Å². The lowest BCUT2D eigenvalue weighted by atomic mass is 10.1. The molecule has 1 N–H and O–H groups in total. The normalized spacial score (nSPS) is 21.1. The van der Waals surface area contributed by atoms with E-state index >= 15 is 0 Å². The van der Waals surface area contributed by atoms with Gasteiger partial charge < -0.3 is 10.1 Å². The van der Waals surface area contributed by atoms with Crippen molar-refractivity contribution in [1.82, 2.24) is 10.2 Å². The number of hydrogen-bond acceptors (Lipinski definition) is 4. The molecule has 0 bridgehead atoms. The number of ether oxygens (including phenoxy) is 1. The first-order chi connectivity index (χ1) is 9.35. The smallest absolute Gasteiger partial charge is 0.0589 e. The minimum atomic E-state index is 0.539. The lowest BCUT2D eigenvalue weighted by Gasteiger charge is -2.32. The van der Waals surface area contributed by atoms with Crippen molar-refractivity contribution in [3.63, 3.8) is 0 Å². The first kappa shape index (κ1) is 15.0. The first-order valence-electron chi connectivity index (χ1n) is 7.35. The zero-order valence-corrected chi connectivity index (χ0v) is 12.9. The van der Waals surface area contributed by atoms with Crippen molar-refractivity contribution in [2.24, 2.45) is 0 Å². The number of rotatable bonds is 8. The molecule has 3 nitrogen and oxygen atoms in total. The number of thiophene rings is 1. The Kier molecular flexibility index (Phi) is 6.31. The Morgan fingerprint density at radius 3 is 3.05 bits per heavy atom. The minimum Gasteiger partial charge on any atom is -0.383 e. The number of hydrogen-bond donors (Lipinski definition) is 1. The largest absolute Gasteiger partial charge is 0.383 e. The van der Waals surface area contributed by atoms with E-state index < -0.39 is 0 Å². The van der Waals surface area contributed by atoms with Crippen molar-refractivity contribution in [2.45, 2.75) is 38.3 Å². The monoisotopic (exact) mass is 282 g/mol. The molecule has 0 amide bonds. The van der Waals surface area contributed by atoms with Crippen LogP contribution in [0.2, 0.25) is 0 Å². The highest BCUT2D eigenvalue weighted by Gasteiger charge is 2.24. The second-order valence-corrected chi connectivity index (χ2v) is 6.20. The Morgan fingerprint density at radius 1 is 1.58 bits per heavy atom. The van der Waals surface area contributed by atoms with Gasteiger partial charge >= 0.3 is 0 Å². The summed E-state index contributed by atoms with van der Waals surface area (Å²) < 4.78 is 5.29. The van der Waals surface area contributed by atoms with Crippen molar-refractivity contribution in [2.75, 3.05) is 33.4 Å². The van der Waals surface area contributed by atoms with Crippen LogP contribution in [0.25, 0.3) is 0 Å². The SMILES string of the molecule is CCC(c1cccs1)N(CCOC)CC1CCCN1. The van der Waals surface area contributed by atoms with E-state index in [9.17, 15) is 0 Å². The van der Waals surface area contributed by atoms with Gasteiger partial charge in [-0.3, -0.25) is 4.90 Å². The summed E-state index contributed by atoms with van der Waals surface area (Å²) in [6.45, 7) is 6.43. The van der Waals surface area contributed by atoms with E-state index in [1.165, 1.54) is 24.3 Å². The van der Waals surface area contributed by atoms with Crippen LogP contribution in [0.1, 0.15) is 37.1 Å². The fourth-order valence-corrected chi connectivity index (χ4v) is 3.84. The summed E-state index contributed by atoms with van der Waals surface area (Å²) in [5, 5.41) is 5.79. The minimum absolute atomic E-state index is 0.539. The van der Waals surface area contributed by atoms with Gasteiger partial charge in [-0.25, -0.2) is 0 Å². The van der Waals surface area contributed by atoms with Crippen molar-refractivity contribution in [3.8, 4) is 0 Å². The molecule has 0 spiro atoms. The van der Waals surface area contributed by atoms with Gasteiger partial charge in [0.1, 0.15) is 0 Å². The van der Waals surface area contributed by atoms with Gasteiger partial charge in [0.15, 0.2) is 0 Å². The Bertz CT molecular complexity index is 336. The Morgan fingerprint density at radius 2 is 2.47 bits per heavy atom. The third-order valence-corrected chi connectivity index (χ3v) is 4.87. The summed E-state index contributed by atoms with van der Waals surface area (Å²) in [6, 6.07) is 5.62. The molecule has 0 saturated carbocycles. The molecule has 1 saturated heterocycles. The zero-order chi connectivity index (χ0) is 13.5. The molecule has 4 heteroatoms. The van der Waals surface area contributed by atoms with E-state index in [-0.39, 0.29) is 0 Å². The van der Waals surface area contributed by atoms with Crippen molar-refractivity contribution in [1.29, 1.82) is 0 Å². The Balaban J connectivity index is 2.01. The number of nitrogens with one attached hydrogen (secondary N) is 1. The molecule has 1 aliphatic rings. The van der Waals surface area contributed by atoms with Crippen molar-refractivity contribution < 1.29 is 4.74 Å². The molecular formula is C15H26N2OS. The molecule has 108 valence electrons. The highest BCUT2D eigenvalue weighted by atomic mass is 32.1. The van der Waals surface area contributed by atoms with Crippen LogP contribution in [0.15, 0.2) is 17.5 Å². The molecule has 1 aromatic heterocycles. The number of methoxy groups -OCH3 is 1. The van der Waals surface area contributed by atoms with Crippen LogP contribution >= 0.6 is 11.3 Å². The molecule has 1 fully saturated rings. The molecule has 0 aliphatic carbocycles. The molecular weight excluding hydrogens is 256 g/mol. The van der Waals surface area contributed by atoms with E-state index in [0.29, 0.717) is 12.1 Å². The summed E-state index contributed by atoms with van der Waals surface area (Å²) in [6.07, 6.45) is 3.79. The van der Waals surface area contributed by atoms with Gasteiger partial charge in [-0.1, -0.05) is 13.0 Å². The molecule has 2 atom stereocenters. The van der Waals surface area contributed by atoms with Gasteiger partial charge in [0.25, 0.3) is 0 Å². The molecule has 1 aromatic rings. The maximum Gasteiger partial charge on any atom is 0.0589 e. The Hall–Kier alpha value is -0.420. The average Bonchev–Trinajstić information content (AvgIpc) is 3.09. The van der Waals surface area contributed by atoms with Crippen LogP contribution in [0.3, 0.4) is 0 Å². The van der Waals surface area contributed by atoms with E-state index in [4.69, 9.17) is 4.74 Å². The quantitative estimate of drug-likeness (QED) is 0.793. The van der Waals surface area contributed by atoms with Crippen molar-refractivity contribution >= 4 is 11.3 Å². The summed E-state index contributed by atoms with van der Waals surface area (Å²) in [4.78, 5) is 4.08. The van der Waals surface area contributed by atoms with Gasteiger partial charge in [-0.05, 0) is 37.3 Å². The molecule has 0 aromatic carbocycles. The maximum atomic E-state index is 5.29. The Labute approximate surface area is 121 Å². The van der Waals surface area contributed by atoms with Crippen LogP contribution in [0.4, 0.5) is 0 Å². The van der Waals surface area contributed by atoms with Gasteiger partial charge in [-0.2, -0.15) is 0 Å². The molecule has 2 unspecified atom stereocenters. The lowest BCUT2D eigenvalue weighted by molar-refractivity contribution is 0.111. The van der Waals surface area contributed by atoms with Crippen LogP contribution < -0.4 is 5.32 Å². The third-order valence-electron chi connectivity index (χ3n) is 3.90. The molecule has 2 heterocycles. The van der Waals surface area contributed by atoms with E-state index in [2.05, 4.69) is 34.7 Å². The predicted molar refractivity (Wildman–Crippen MR) is 81.8 cm³/mol. The first-order valence-corrected chi connectivity index (χ1v) is 8.23. The highest BCUT2D eigenvalue weighted by molar-refractivity contribution is 7.10. The molecule has 19 heavy (non-hydrogen) atoms. The van der Waals surface area contributed by atoms with E-state index in [1.54, 1.807) is 7.11 Å². The van der Waals surface area contributed by atoms with Crippen LogP contribution in [-0.2, 0) is 4.74 Å². The highest BCUT2D eigenvalue weighted by Crippen LogP contribution is 2.28. The zero-order valence-electron chi connectivity index (χ0n) is 12.1. The third kappa shape index (κ3) is 4.28. The molecule has 0 radical (unpaired) electrons. The number of nitrogens with zero attached hydrogens (tertiary/aromatic N) is 1. The topological polar surface area (TPSA) is 24.5 Å². The van der Waals surface area contributed by atoms with E-state index in [0.717, 1.165) is 26.1 Å². The lowest BCUT2D eigenvalue weighted by Crippen LogP contribution is -2.41. The fourth-order valence-electron chi connectivity index (χ4n) is 2.90. The van der Waals surface area contributed by atoms with Crippen LogP contribution in [0, 0.1) is 0 Å². The fraction of sp³-hybridized carbons (Fsp3) is 0.733. The molecule has 1 aliphatic heterocycles. The second-order valence-electron chi connectivity index (χ2n) is 5.22. The van der Waals surface area contributed by atoms with Gasteiger partial charge in [0.2, 0.25) is 0 Å². The summed E-state index contributed by atoms with van der Waals surface area (Å²) in [5.74, 6) is 0. The van der Waals surface area contributed by atoms with Crippen LogP contribution in [0.5, 0.6) is 0 Å². The standard InChI is InChI=1S/C15H26N2OS/c1-3-14(15-7-5-11-19-15)17(9-10-18-2)12-13-6-4-8-16-13/h5,7,11,13-14,16H,3-4,6,8-10,12H2,1-2H3. The summed E-state index contributed by atoms with van der Waals surface area (Å²) in [7, 11) is 1.79. The van der Waals surface area contributed by atoms with Crippen LogP contribution in [-0.4, -0.2) is 44.3 Å². The molecule has 2 rings (SSSR count). The summed E-state index contributed by atoms with van der Waals surface area (Å²) >= 11 is 1.87. The van der Waals surface area contributed by atoms with Gasteiger partial charge in [-0.15, -0.1) is 11.3 Å². The predicted octanol–water partition coefficient (Wildman–Crippen LogP) is 2.90. The maximum absolute atomic E-state index is 5.29. The van der Waals surface area contributed by atoms with Gasteiger partial charge in [0.05, 0.1) is 6.61 Å². The average molecular weight is 282 g/mol. The second kappa shape index (κ2) is 8.00.